The van der Waals surface area contributed by atoms with Gasteiger partial charge in [-0.05, 0) is 98.5 Å². The summed E-state index contributed by atoms with van der Waals surface area (Å²) in [5.41, 5.74) is 4.66. The lowest BCUT2D eigenvalue weighted by Gasteiger charge is -2.33. The lowest BCUT2D eigenvalue weighted by molar-refractivity contribution is 0.0877. The maximum absolute atomic E-state index is 14.4. The number of benzene rings is 7. The van der Waals surface area contributed by atoms with E-state index in [1.807, 2.05) is 52.0 Å². The van der Waals surface area contributed by atoms with Crippen LogP contribution < -0.4 is 9.80 Å². The van der Waals surface area contributed by atoms with Crippen molar-refractivity contribution >= 4 is 156 Å². The number of rotatable bonds is 2. The Kier molecular flexibility index (Phi) is 7.44. The Morgan fingerprint density at radius 3 is 0.846 bits per heavy atom. The molecule has 12 heteroatoms. The highest BCUT2D eigenvalue weighted by atomic mass is 79.9. The van der Waals surface area contributed by atoms with Gasteiger partial charge in [0.25, 0.3) is 23.6 Å². The van der Waals surface area contributed by atoms with E-state index < -0.39 is 23.6 Å². The summed E-state index contributed by atoms with van der Waals surface area (Å²) in [6, 6.07) is 13.5. The number of carbonyl (C=O) groups excluding carboxylic acids is 4. The van der Waals surface area contributed by atoms with Crippen LogP contribution in [0.25, 0.3) is 43.1 Å². The van der Waals surface area contributed by atoms with Gasteiger partial charge in [0.1, 0.15) is 0 Å². The van der Waals surface area contributed by atoms with Crippen LogP contribution in [-0.2, 0) is 0 Å². The SMILES string of the molecule is Cc1cc(Br)cc(C)c1N1C(=O)c2cc(Cl)c3c4c(Cl)cc5c6c(cc(Cl)c(c7c(Cl)cc(c2c37)C1=O)c64)C(=O)N(c1c(C)cc(Br)cc1C)C5=O. The van der Waals surface area contributed by atoms with Crippen molar-refractivity contribution < 1.29 is 19.2 Å². The van der Waals surface area contributed by atoms with E-state index >= 15 is 0 Å². The van der Waals surface area contributed by atoms with E-state index in [-0.39, 0.29) is 42.3 Å². The zero-order valence-electron chi connectivity index (χ0n) is 27.4. The first-order valence-corrected chi connectivity index (χ1v) is 19.0. The second-order valence-electron chi connectivity index (χ2n) is 13.3. The molecule has 9 rings (SSSR count). The highest BCUT2D eigenvalue weighted by molar-refractivity contribution is 9.10. The molecule has 52 heavy (non-hydrogen) atoms. The van der Waals surface area contributed by atoms with E-state index in [9.17, 15) is 19.2 Å². The molecule has 0 bridgehead atoms. The van der Waals surface area contributed by atoms with Crippen LogP contribution in [0.15, 0.2) is 57.5 Å². The predicted molar refractivity (Wildman–Crippen MR) is 217 cm³/mol. The van der Waals surface area contributed by atoms with Gasteiger partial charge in [-0.15, -0.1) is 0 Å². The molecule has 2 aliphatic heterocycles. The van der Waals surface area contributed by atoms with Crippen LogP contribution in [0, 0.1) is 27.7 Å². The molecule has 4 amide bonds. The maximum Gasteiger partial charge on any atom is 0.266 e. The number of hydrogen-bond acceptors (Lipinski definition) is 4. The molecule has 0 N–H and O–H groups in total. The van der Waals surface area contributed by atoms with E-state index in [2.05, 4.69) is 31.9 Å². The van der Waals surface area contributed by atoms with Gasteiger partial charge < -0.3 is 0 Å². The van der Waals surface area contributed by atoms with Crippen LogP contribution in [-0.4, -0.2) is 23.6 Å². The minimum Gasteiger partial charge on any atom is -0.268 e. The van der Waals surface area contributed by atoms with Gasteiger partial charge in [-0.1, -0.05) is 78.3 Å². The van der Waals surface area contributed by atoms with Crippen molar-refractivity contribution in [1.29, 1.82) is 0 Å². The third-order valence-electron chi connectivity index (χ3n) is 10.2. The van der Waals surface area contributed by atoms with Gasteiger partial charge in [-0.2, -0.15) is 0 Å². The standard InChI is InChI=1S/C40H20Br2Cl4N2O4/c1-13-5-17(41)6-14(2)35(13)47-37(49)19-9-23(43)29-31-25(45)11-21-28-22(40(52)48(39(21)51)36-15(3)7-18(42)8-16(36)4)12-26(46)32(34(28)31)30-24(44)10-20(38(47)50)27(19)33(29)30/h5-12H,1-4H3. The summed E-state index contributed by atoms with van der Waals surface area (Å²) in [6.45, 7) is 7.33. The van der Waals surface area contributed by atoms with Gasteiger partial charge in [0.15, 0.2) is 0 Å². The van der Waals surface area contributed by atoms with Crippen molar-refractivity contribution in [3.05, 3.63) is 122 Å². The summed E-state index contributed by atoms with van der Waals surface area (Å²) < 4.78 is 1.63. The van der Waals surface area contributed by atoms with Crippen molar-refractivity contribution in [2.75, 3.05) is 9.80 Å². The Bertz CT molecular complexity index is 2580. The Hall–Kier alpha value is -3.76. The molecule has 0 spiro atoms. The summed E-state index contributed by atoms with van der Waals surface area (Å²) in [4.78, 5) is 60.1. The molecule has 7 aromatic carbocycles. The predicted octanol–water partition coefficient (Wildman–Crippen LogP) is 12.7. The van der Waals surface area contributed by atoms with Crippen molar-refractivity contribution in [2.45, 2.75) is 27.7 Å². The molecule has 0 aromatic heterocycles. The molecular weight excluding hydrogens is 874 g/mol. The lowest BCUT2D eigenvalue weighted by Crippen LogP contribution is -2.41. The van der Waals surface area contributed by atoms with E-state index in [4.69, 9.17) is 46.4 Å². The van der Waals surface area contributed by atoms with Crippen LogP contribution in [0.3, 0.4) is 0 Å². The lowest BCUT2D eigenvalue weighted by atomic mass is 9.81. The molecule has 256 valence electrons. The highest BCUT2D eigenvalue weighted by Gasteiger charge is 2.41. The van der Waals surface area contributed by atoms with Crippen molar-refractivity contribution in [3.63, 3.8) is 0 Å². The molecule has 0 aliphatic carbocycles. The molecule has 2 heterocycles. The van der Waals surface area contributed by atoms with Gasteiger partial charge in [-0.3, -0.25) is 19.2 Å². The van der Waals surface area contributed by atoms with Crippen LogP contribution in [0.4, 0.5) is 11.4 Å². The van der Waals surface area contributed by atoms with E-state index in [1.165, 1.54) is 9.80 Å². The minimum absolute atomic E-state index is 0.171. The van der Waals surface area contributed by atoms with Crippen molar-refractivity contribution in [3.8, 4) is 0 Å². The van der Waals surface area contributed by atoms with Gasteiger partial charge in [0.2, 0.25) is 0 Å². The fourth-order valence-corrected chi connectivity index (χ4v) is 10.9. The van der Waals surface area contributed by atoms with Gasteiger partial charge >= 0.3 is 0 Å². The molecule has 7 aromatic rings. The van der Waals surface area contributed by atoms with Crippen LogP contribution in [0.2, 0.25) is 20.1 Å². The normalized spacial score (nSPS) is 14.4. The van der Waals surface area contributed by atoms with E-state index in [0.717, 1.165) is 31.2 Å². The number of amides is 4. The quantitative estimate of drug-likeness (QED) is 0.0984. The summed E-state index contributed by atoms with van der Waals surface area (Å²) in [7, 11) is 0. The van der Waals surface area contributed by atoms with Gasteiger partial charge in [0, 0.05) is 72.1 Å². The van der Waals surface area contributed by atoms with Crippen LogP contribution in [0.5, 0.6) is 0 Å². The fraction of sp³-hybridized carbons (Fsp3) is 0.100. The van der Waals surface area contributed by atoms with Gasteiger partial charge in [-0.25, -0.2) is 9.80 Å². The molecular formula is C40H20Br2Cl4N2O4. The van der Waals surface area contributed by atoms with Crippen LogP contribution >= 0.6 is 78.3 Å². The van der Waals surface area contributed by atoms with Crippen LogP contribution in [0.1, 0.15) is 63.7 Å². The topological polar surface area (TPSA) is 74.8 Å². The molecule has 0 unspecified atom stereocenters. The first-order chi connectivity index (χ1) is 24.6. The number of carbonyl (C=O) groups is 4. The summed E-state index contributed by atoms with van der Waals surface area (Å²) in [5.74, 6) is -2.18. The molecule has 0 saturated heterocycles. The van der Waals surface area contributed by atoms with Gasteiger partial charge in [0.05, 0.1) is 33.6 Å². The second kappa shape index (κ2) is 11.4. The number of nitrogens with zero attached hydrogens (tertiary/aromatic N) is 2. The monoisotopic (exact) mass is 890 g/mol. The summed E-state index contributed by atoms with van der Waals surface area (Å²) in [5, 5.41) is 3.96. The number of fused-ring (bicyclic) bond motifs is 2. The fourth-order valence-electron chi connectivity index (χ4n) is 8.38. The average Bonchev–Trinajstić information content (AvgIpc) is 3.06. The maximum atomic E-state index is 14.4. The van der Waals surface area contributed by atoms with Crippen molar-refractivity contribution in [2.24, 2.45) is 0 Å². The van der Waals surface area contributed by atoms with Crippen molar-refractivity contribution in [1.82, 2.24) is 0 Å². The molecule has 2 aliphatic rings. The Morgan fingerprint density at radius 2 is 0.615 bits per heavy atom. The molecule has 0 fully saturated rings. The number of imide groups is 2. The summed E-state index contributed by atoms with van der Waals surface area (Å²) in [6.07, 6.45) is 0. The number of halogens is 6. The second-order valence-corrected chi connectivity index (χ2v) is 16.8. The largest absolute Gasteiger partial charge is 0.268 e. The first-order valence-electron chi connectivity index (χ1n) is 15.9. The Labute approximate surface area is 332 Å². The third kappa shape index (κ3) is 4.31. The zero-order chi connectivity index (χ0) is 37.0. The summed E-state index contributed by atoms with van der Waals surface area (Å²) >= 11 is 35.6. The smallest absolute Gasteiger partial charge is 0.266 e. The third-order valence-corrected chi connectivity index (χ3v) is 12.3. The first kappa shape index (κ1) is 34.0. The molecule has 0 atom stereocenters. The zero-order valence-corrected chi connectivity index (χ0v) is 33.6. The Morgan fingerprint density at radius 1 is 0.385 bits per heavy atom. The molecule has 0 saturated carbocycles. The number of hydrogen-bond donors (Lipinski definition) is 0. The highest BCUT2D eigenvalue weighted by Crippen LogP contribution is 2.54. The van der Waals surface area contributed by atoms with E-state index in [0.29, 0.717) is 54.5 Å². The van der Waals surface area contributed by atoms with E-state index in [1.54, 1.807) is 24.3 Å². The Balaban J connectivity index is 1.40. The minimum atomic E-state index is -0.546. The molecule has 0 radical (unpaired) electrons. The number of anilines is 2. The number of aryl methyl sites for hydroxylation is 4. The average molecular weight is 894 g/mol. The molecule has 6 nitrogen and oxygen atoms in total.